The third-order valence-electron chi connectivity index (χ3n) is 3.64. The SMILES string of the molecule is COC(=O)c1cccc(C(=O)Nc2cc(C(=O)OC)ccc2C(=O)OC)c1. The monoisotopic (exact) mass is 371 g/mol. The summed E-state index contributed by atoms with van der Waals surface area (Å²) in [5.74, 6) is -2.50. The van der Waals surface area contributed by atoms with E-state index in [1.54, 1.807) is 0 Å². The van der Waals surface area contributed by atoms with E-state index in [1.165, 1.54) is 63.8 Å². The van der Waals surface area contributed by atoms with E-state index < -0.39 is 23.8 Å². The highest BCUT2D eigenvalue weighted by Gasteiger charge is 2.18. The van der Waals surface area contributed by atoms with E-state index in [0.29, 0.717) is 0 Å². The number of anilines is 1. The van der Waals surface area contributed by atoms with Crippen molar-refractivity contribution in [2.75, 3.05) is 26.6 Å². The summed E-state index contributed by atoms with van der Waals surface area (Å²) in [5, 5.41) is 2.55. The van der Waals surface area contributed by atoms with E-state index in [4.69, 9.17) is 0 Å². The third kappa shape index (κ3) is 4.49. The lowest BCUT2D eigenvalue weighted by Gasteiger charge is -2.12. The summed E-state index contributed by atoms with van der Waals surface area (Å²) in [5.41, 5.74) is 0.628. The Morgan fingerprint density at radius 3 is 1.85 bits per heavy atom. The van der Waals surface area contributed by atoms with Crippen LogP contribution in [-0.2, 0) is 14.2 Å². The number of methoxy groups -OCH3 is 3. The van der Waals surface area contributed by atoms with Gasteiger partial charge in [-0.1, -0.05) is 6.07 Å². The number of hydrogen-bond donors (Lipinski definition) is 1. The molecule has 0 aromatic heterocycles. The number of amides is 1. The molecule has 0 saturated carbocycles. The molecule has 0 radical (unpaired) electrons. The van der Waals surface area contributed by atoms with Crippen molar-refractivity contribution in [3.63, 3.8) is 0 Å². The van der Waals surface area contributed by atoms with E-state index in [0.717, 1.165) is 0 Å². The molecule has 2 aromatic rings. The van der Waals surface area contributed by atoms with Crippen LogP contribution in [0.2, 0.25) is 0 Å². The molecule has 0 aliphatic carbocycles. The average molecular weight is 371 g/mol. The fourth-order valence-corrected chi connectivity index (χ4v) is 2.28. The van der Waals surface area contributed by atoms with Crippen molar-refractivity contribution < 1.29 is 33.4 Å². The summed E-state index contributed by atoms with van der Waals surface area (Å²) in [7, 11) is 3.64. The van der Waals surface area contributed by atoms with E-state index >= 15 is 0 Å². The Labute approximate surface area is 155 Å². The van der Waals surface area contributed by atoms with Gasteiger partial charge in [0, 0.05) is 5.56 Å². The predicted molar refractivity (Wildman–Crippen MR) is 94.9 cm³/mol. The molecule has 1 N–H and O–H groups in total. The van der Waals surface area contributed by atoms with Crippen LogP contribution >= 0.6 is 0 Å². The Kier molecular flexibility index (Phi) is 6.27. The van der Waals surface area contributed by atoms with Gasteiger partial charge in [0.2, 0.25) is 0 Å². The van der Waals surface area contributed by atoms with Crippen LogP contribution in [0.1, 0.15) is 41.4 Å². The van der Waals surface area contributed by atoms with Crippen LogP contribution in [0.4, 0.5) is 5.69 Å². The van der Waals surface area contributed by atoms with Crippen LogP contribution in [0, 0.1) is 0 Å². The number of ether oxygens (including phenoxy) is 3. The Bertz CT molecular complexity index is 905. The van der Waals surface area contributed by atoms with Crippen LogP contribution in [0.5, 0.6) is 0 Å². The summed E-state index contributed by atoms with van der Waals surface area (Å²) in [6.07, 6.45) is 0. The molecule has 0 saturated heterocycles. The van der Waals surface area contributed by atoms with Crippen molar-refractivity contribution in [1.29, 1.82) is 0 Å². The molecule has 0 heterocycles. The Morgan fingerprint density at radius 2 is 1.26 bits per heavy atom. The zero-order valence-corrected chi connectivity index (χ0v) is 14.9. The van der Waals surface area contributed by atoms with Gasteiger partial charge < -0.3 is 19.5 Å². The number of benzene rings is 2. The van der Waals surface area contributed by atoms with Gasteiger partial charge in [-0.25, -0.2) is 14.4 Å². The predicted octanol–water partition coefficient (Wildman–Crippen LogP) is 2.30. The van der Waals surface area contributed by atoms with Crippen molar-refractivity contribution >= 4 is 29.5 Å². The summed E-state index contributed by atoms with van der Waals surface area (Å²) in [4.78, 5) is 47.8. The van der Waals surface area contributed by atoms with Crippen LogP contribution in [0.3, 0.4) is 0 Å². The minimum atomic E-state index is -0.690. The molecule has 1 amide bonds. The molecular weight excluding hydrogens is 354 g/mol. The van der Waals surface area contributed by atoms with Crippen molar-refractivity contribution in [3.8, 4) is 0 Å². The topological polar surface area (TPSA) is 108 Å². The molecule has 0 unspecified atom stereocenters. The Hall–Kier alpha value is -3.68. The molecule has 27 heavy (non-hydrogen) atoms. The van der Waals surface area contributed by atoms with Gasteiger partial charge in [0.05, 0.1) is 43.7 Å². The normalized spacial score (nSPS) is 9.89. The van der Waals surface area contributed by atoms with Gasteiger partial charge >= 0.3 is 17.9 Å². The largest absolute Gasteiger partial charge is 0.465 e. The first-order valence-corrected chi connectivity index (χ1v) is 7.71. The number of nitrogens with one attached hydrogen (secondary N) is 1. The highest BCUT2D eigenvalue weighted by atomic mass is 16.5. The van der Waals surface area contributed by atoms with Crippen molar-refractivity contribution in [2.45, 2.75) is 0 Å². The molecule has 0 aliphatic rings. The molecule has 8 heteroatoms. The summed E-state index contributed by atoms with van der Waals surface area (Å²) in [6, 6.07) is 9.89. The lowest BCUT2D eigenvalue weighted by atomic mass is 10.1. The van der Waals surface area contributed by atoms with E-state index in [2.05, 4.69) is 19.5 Å². The fraction of sp³-hybridized carbons (Fsp3) is 0.158. The van der Waals surface area contributed by atoms with Crippen molar-refractivity contribution in [2.24, 2.45) is 0 Å². The maximum atomic E-state index is 12.6. The lowest BCUT2D eigenvalue weighted by Crippen LogP contribution is -2.17. The molecule has 8 nitrogen and oxygen atoms in total. The zero-order valence-electron chi connectivity index (χ0n) is 14.9. The lowest BCUT2D eigenvalue weighted by molar-refractivity contribution is 0.0587. The second-order valence-corrected chi connectivity index (χ2v) is 5.27. The molecule has 2 aromatic carbocycles. The third-order valence-corrected chi connectivity index (χ3v) is 3.64. The van der Waals surface area contributed by atoms with Crippen LogP contribution in [-0.4, -0.2) is 45.1 Å². The summed E-state index contributed by atoms with van der Waals surface area (Å²) in [6.45, 7) is 0. The van der Waals surface area contributed by atoms with Gasteiger partial charge in [0.15, 0.2) is 0 Å². The van der Waals surface area contributed by atoms with Gasteiger partial charge in [-0.2, -0.15) is 0 Å². The highest BCUT2D eigenvalue weighted by molar-refractivity contribution is 6.09. The van der Waals surface area contributed by atoms with E-state index in [-0.39, 0.29) is 27.9 Å². The van der Waals surface area contributed by atoms with Crippen molar-refractivity contribution in [3.05, 3.63) is 64.7 Å². The van der Waals surface area contributed by atoms with Crippen molar-refractivity contribution in [1.82, 2.24) is 0 Å². The summed E-state index contributed by atoms with van der Waals surface area (Å²) < 4.78 is 14.0. The quantitative estimate of drug-likeness (QED) is 0.634. The standard InChI is InChI=1S/C19H17NO7/c1-25-17(22)12-6-4-5-11(9-12)16(21)20-15-10-13(18(23)26-2)7-8-14(15)19(24)27-3/h4-10H,1-3H3,(H,20,21). The number of hydrogen-bond acceptors (Lipinski definition) is 7. The first-order chi connectivity index (χ1) is 12.9. The van der Waals surface area contributed by atoms with Gasteiger partial charge in [-0.15, -0.1) is 0 Å². The Morgan fingerprint density at radius 1 is 0.704 bits per heavy atom. The fourth-order valence-electron chi connectivity index (χ4n) is 2.28. The number of carbonyl (C=O) groups excluding carboxylic acids is 4. The molecule has 140 valence electrons. The zero-order chi connectivity index (χ0) is 20.0. The van der Waals surface area contributed by atoms with Gasteiger partial charge in [-0.3, -0.25) is 4.79 Å². The van der Waals surface area contributed by atoms with Gasteiger partial charge in [0.1, 0.15) is 0 Å². The van der Waals surface area contributed by atoms with Gasteiger partial charge in [-0.05, 0) is 36.4 Å². The molecule has 2 rings (SSSR count). The van der Waals surface area contributed by atoms with Crippen LogP contribution in [0.15, 0.2) is 42.5 Å². The first kappa shape index (κ1) is 19.6. The minimum absolute atomic E-state index is 0.0580. The maximum Gasteiger partial charge on any atom is 0.339 e. The van der Waals surface area contributed by atoms with Crippen LogP contribution in [0.25, 0.3) is 0 Å². The number of esters is 3. The average Bonchev–Trinajstić information content (AvgIpc) is 2.71. The van der Waals surface area contributed by atoms with E-state index in [1.807, 2.05) is 0 Å². The maximum absolute atomic E-state index is 12.6. The smallest absolute Gasteiger partial charge is 0.339 e. The number of carbonyl (C=O) groups is 4. The number of rotatable bonds is 5. The first-order valence-electron chi connectivity index (χ1n) is 7.71. The highest BCUT2D eigenvalue weighted by Crippen LogP contribution is 2.21. The summed E-state index contributed by atoms with van der Waals surface area (Å²) >= 11 is 0. The second-order valence-electron chi connectivity index (χ2n) is 5.27. The van der Waals surface area contributed by atoms with Gasteiger partial charge in [0.25, 0.3) is 5.91 Å². The molecule has 0 fully saturated rings. The van der Waals surface area contributed by atoms with E-state index in [9.17, 15) is 19.2 Å². The molecule has 0 atom stereocenters. The second kappa shape index (κ2) is 8.61. The minimum Gasteiger partial charge on any atom is -0.465 e. The molecular formula is C19H17NO7. The molecule has 0 bridgehead atoms. The molecule has 0 spiro atoms. The van der Waals surface area contributed by atoms with Crippen LogP contribution < -0.4 is 5.32 Å². The Balaban J connectivity index is 2.39. The molecule has 0 aliphatic heterocycles.